The van der Waals surface area contributed by atoms with Crippen LogP contribution in [0.3, 0.4) is 0 Å². The van der Waals surface area contributed by atoms with Crippen LogP contribution in [0.4, 0.5) is 0 Å². The van der Waals surface area contributed by atoms with E-state index < -0.39 is 5.56 Å². The molecule has 8 heteroatoms. The highest BCUT2D eigenvalue weighted by Crippen LogP contribution is 2.34. The number of rotatable bonds is 8. The number of nitriles is 1. The standard InChI is InChI=1S/C27H21N3O4S/c1-33-20-12-13-24(34-2)21(14-20)25-22(15-28)26(32)30-27(29-25)35-16-23(31)19-10-8-18(9-11-19)17-6-4-3-5-7-17/h3-14H,16H2,1-2H3,(H,29,30,32). The minimum Gasteiger partial charge on any atom is -0.497 e. The molecule has 3 aromatic carbocycles. The molecule has 0 aliphatic carbocycles. The number of thioether (sulfide) groups is 1. The second-order valence-corrected chi connectivity index (χ2v) is 8.39. The van der Waals surface area contributed by atoms with Crippen molar-refractivity contribution in [3.8, 4) is 40.0 Å². The van der Waals surface area contributed by atoms with Crippen LogP contribution in [0.15, 0.2) is 82.7 Å². The SMILES string of the molecule is COc1ccc(OC)c(-c2nc(SCC(=O)c3ccc(-c4ccccc4)cc3)[nH]c(=O)c2C#N)c1. The number of H-pyrrole nitrogens is 1. The summed E-state index contributed by atoms with van der Waals surface area (Å²) in [5, 5.41) is 9.80. The highest BCUT2D eigenvalue weighted by Gasteiger charge is 2.19. The van der Waals surface area contributed by atoms with Crippen molar-refractivity contribution in [2.45, 2.75) is 5.16 Å². The first-order valence-corrected chi connectivity index (χ1v) is 11.6. The molecule has 0 bridgehead atoms. The fraction of sp³-hybridized carbons (Fsp3) is 0.111. The van der Waals surface area contributed by atoms with Gasteiger partial charge in [0.05, 0.1) is 20.0 Å². The quantitative estimate of drug-likeness (QED) is 0.214. The number of ketones is 1. The first kappa shape index (κ1) is 23.8. The number of methoxy groups -OCH3 is 2. The molecule has 0 aliphatic heterocycles. The van der Waals surface area contributed by atoms with Crippen LogP contribution in [0.25, 0.3) is 22.4 Å². The Morgan fingerprint density at radius 3 is 2.37 bits per heavy atom. The van der Waals surface area contributed by atoms with Crippen LogP contribution in [0.5, 0.6) is 11.5 Å². The topological polar surface area (TPSA) is 105 Å². The lowest BCUT2D eigenvalue weighted by atomic mass is 10.0. The Morgan fingerprint density at radius 1 is 1.00 bits per heavy atom. The summed E-state index contributed by atoms with van der Waals surface area (Å²) in [4.78, 5) is 32.5. The monoisotopic (exact) mass is 483 g/mol. The van der Waals surface area contributed by atoms with Gasteiger partial charge in [0.1, 0.15) is 28.8 Å². The Hall–Kier alpha value is -4.35. The van der Waals surface area contributed by atoms with Crippen molar-refractivity contribution >= 4 is 17.5 Å². The summed E-state index contributed by atoms with van der Waals surface area (Å²) in [6, 6.07) is 24.2. The number of Topliss-reactive ketones (excluding diaryl/α,β-unsaturated/α-hetero) is 1. The largest absolute Gasteiger partial charge is 0.497 e. The van der Waals surface area contributed by atoms with E-state index in [2.05, 4.69) is 9.97 Å². The van der Waals surface area contributed by atoms with Crippen LogP contribution in [-0.2, 0) is 0 Å². The van der Waals surface area contributed by atoms with Gasteiger partial charge in [-0.3, -0.25) is 9.59 Å². The summed E-state index contributed by atoms with van der Waals surface area (Å²) < 4.78 is 10.7. The number of nitrogens with one attached hydrogen (secondary N) is 1. The number of carbonyl (C=O) groups excluding carboxylic acids is 1. The fourth-order valence-electron chi connectivity index (χ4n) is 3.52. The van der Waals surface area contributed by atoms with Gasteiger partial charge in [-0.05, 0) is 29.3 Å². The molecule has 0 radical (unpaired) electrons. The number of hydrogen-bond acceptors (Lipinski definition) is 7. The zero-order valence-corrected chi connectivity index (χ0v) is 19.9. The first-order chi connectivity index (χ1) is 17.0. The van der Waals surface area contributed by atoms with Crippen molar-refractivity contribution in [3.05, 3.63) is 94.3 Å². The van der Waals surface area contributed by atoms with E-state index in [9.17, 15) is 14.9 Å². The Bertz CT molecular complexity index is 1460. The number of ether oxygens (including phenoxy) is 2. The normalized spacial score (nSPS) is 10.4. The molecule has 174 valence electrons. The minimum atomic E-state index is -0.593. The highest BCUT2D eigenvalue weighted by molar-refractivity contribution is 7.99. The molecule has 4 aromatic rings. The molecule has 0 amide bonds. The van der Waals surface area contributed by atoms with Crippen molar-refractivity contribution in [2.75, 3.05) is 20.0 Å². The van der Waals surface area contributed by atoms with Gasteiger partial charge in [-0.15, -0.1) is 0 Å². The molecule has 0 aliphatic rings. The molecule has 0 saturated carbocycles. The first-order valence-electron chi connectivity index (χ1n) is 10.6. The van der Waals surface area contributed by atoms with E-state index in [0.29, 0.717) is 22.6 Å². The third kappa shape index (κ3) is 5.26. The van der Waals surface area contributed by atoms with Crippen molar-refractivity contribution in [3.63, 3.8) is 0 Å². The molecule has 1 N–H and O–H groups in total. The highest BCUT2D eigenvalue weighted by atomic mass is 32.2. The molecule has 0 fully saturated rings. The molecule has 0 atom stereocenters. The Labute approximate surface area is 206 Å². The third-order valence-electron chi connectivity index (χ3n) is 5.33. The van der Waals surface area contributed by atoms with E-state index >= 15 is 0 Å². The molecule has 7 nitrogen and oxygen atoms in total. The van der Waals surface area contributed by atoms with Crippen LogP contribution in [0, 0.1) is 11.3 Å². The summed E-state index contributed by atoms with van der Waals surface area (Å²) in [5.41, 5.74) is 2.51. The third-order valence-corrected chi connectivity index (χ3v) is 6.20. The smallest absolute Gasteiger partial charge is 0.270 e. The maximum absolute atomic E-state index is 12.8. The Morgan fingerprint density at radius 2 is 1.71 bits per heavy atom. The molecule has 0 unspecified atom stereocenters. The minimum absolute atomic E-state index is 0.0637. The van der Waals surface area contributed by atoms with E-state index in [1.165, 1.54) is 14.2 Å². The average Bonchev–Trinajstić information content (AvgIpc) is 2.91. The van der Waals surface area contributed by atoms with Crippen LogP contribution in [0.1, 0.15) is 15.9 Å². The molecule has 1 aromatic heterocycles. The van der Waals surface area contributed by atoms with Crippen molar-refractivity contribution < 1.29 is 14.3 Å². The van der Waals surface area contributed by atoms with Gasteiger partial charge >= 0.3 is 0 Å². The van der Waals surface area contributed by atoms with Gasteiger partial charge in [0, 0.05) is 11.1 Å². The van der Waals surface area contributed by atoms with Crippen molar-refractivity contribution in [1.82, 2.24) is 9.97 Å². The molecular formula is C27H21N3O4S. The van der Waals surface area contributed by atoms with Gasteiger partial charge in [-0.2, -0.15) is 5.26 Å². The number of benzene rings is 3. The Kier molecular flexibility index (Phi) is 7.29. The molecule has 0 saturated heterocycles. The average molecular weight is 484 g/mol. The number of aromatic amines is 1. The van der Waals surface area contributed by atoms with Gasteiger partial charge in [-0.1, -0.05) is 66.4 Å². The lowest BCUT2D eigenvalue weighted by molar-refractivity contribution is 0.102. The number of aromatic nitrogens is 2. The predicted molar refractivity (Wildman–Crippen MR) is 135 cm³/mol. The van der Waals surface area contributed by atoms with Gasteiger partial charge in [0.15, 0.2) is 10.9 Å². The van der Waals surface area contributed by atoms with E-state index in [4.69, 9.17) is 9.47 Å². The van der Waals surface area contributed by atoms with Crippen molar-refractivity contribution in [1.29, 1.82) is 5.26 Å². The maximum Gasteiger partial charge on any atom is 0.270 e. The van der Waals surface area contributed by atoms with Crippen LogP contribution in [0.2, 0.25) is 0 Å². The Balaban J connectivity index is 1.58. The van der Waals surface area contributed by atoms with Gasteiger partial charge < -0.3 is 14.5 Å². The molecule has 4 rings (SSSR count). The predicted octanol–water partition coefficient (Wildman–Crippen LogP) is 4.97. The van der Waals surface area contributed by atoms with Crippen LogP contribution >= 0.6 is 11.8 Å². The number of hydrogen-bond donors (Lipinski definition) is 1. The summed E-state index contributed by atoms with van der Waals surface area (Å²) in [7, 11) is 3.00. The lowest BCUT2D eigenvalue weighted by Gasteiger charge is -2.12. The molecule has 35 heavy (non-hydrogen) atoms. The summed E-state index contributed by atoms with van der Waals surface area (Å²) >= 11 is 1.09. The lowest BCUT2D eigenvalue weighted by Crippen LogP contribution is -2.15. The van der Waals surface area contributed by atoms with E-state index in [-0.39, 0.29) is 27.9 Å². The van der Waals surface area contributed by atoms with Crippen molar-refractivity contribution in [2.24, 2.45) is 0 Å². The van der Waals surface area contributed by atoms with E-state index in [1.54, 1.807) is 30.3 Å². The van der Waals surface area contributed by atoms with E-state index in [0.717, 1.165) is 22.9 Å². The molecular weight excluding hydrogens is 462 g/mol. The summed E-state index contributed by atoms with van der Waals surface area (Å²) in [6.45, 7) is 0. The zero-order valence-electron chi connectivity index (χ0n) is 19.1. The van der Waals surface area contributed by atoms with Crippen LogP contribution < -0.4 is 15.0 Å². The number of nitrogens with zero attached hydrogens (tertiary/aromatic N) is 2. The van der Waals surface area contributed by atoms with Gasteiger partial charge in [0.25, 0.3) is 5.56 Å². The number of carbonyl (C=O) groups is 1. The second kappa shape index (κ2) is 10.7. The fourth-order valence-corrected chi connectivity index (χ4v) is 4.27. The summed E-state index contributed by atoms with van der Waals surface area (Å²) in [5.74, 6) is 0.914. The van der Waals surface area contributed by atoms with Gasteiger partial charge in [-0.25, -0.2) is 4.98 Å². The van der Waals surface area contributed by atoms with Gasteiger partial charge in [0.2, 0.25) is 0 Å². The molecule has 1 heterocycles. The maximum atomic E-state index is 12.8. The zero-order chi connectivity index (χ0) is 24.8. The summed E-state index contributed by atoms with van der Waals surface area (Å²) in [6.07, 6.45) is 0. The van der Waals surface area contributed by atoms with E-state index in [1.807, 2.05) is 48.5 Å². The second-order valence-electron chi connectivity index (χ2n) is 7.43. The van der Waals surface area contributed by atoms with Crippen LogP contribution in [-0.4, -0.2) is 35.7 Å². The molecule has 0 spiro atoms.